The number of hydrogen-bond donors (Lipinski definition) is 1. The van der Waals surface area contributed by atoms with Gasteiger partial charge in [0.2, 0.25) is 0 Å². The van der Waals surface area contributed by atoms with Crippen molar-refractivity contribution in [1.82, 2.24) is 14.5 Å². The van der Waals surface area contributed by atoms with Crippen LogP contribution in [0, 0.1) is 0 Å². The molecule has 3 aromatic rings. The van der Waals surface area contributed by atoms with E-state index in [1.807, 2.05) is 19.4 Å². The second-order valence-corrected chi connectivity index (χ2v) is 7.07. The zero-order chi connectivity index (χ0) is 17.2. The Bertz CT molecular complexity index is 857. The molecule has 1 fully saturated rings. The van der Waals surface area contributed by atoms with Gasteiger partial charge in [0.15, 0.2) is 0 Å². The Hall–Kier alpha value is -2.17. The van der Waals surface area contributed by atoms with Crippen molar-refractivity contribution in [2.45, 2.75) is 24.9 Å². The molecule has 1 aliphatic rings. The molecule has 0 spiro atoms. The highest BCUT2D eigenvalue weighted by atomic mass is 16.3. The largest absolute Gasteiger partial charge is 0.391 e. The second-order valence-electron chi connectivity index (χ2n) is 7.07. The summed E-state index contributed by atoms with van der Waals surface area (Å²) in [6.07, 6.45) is 5.44. The number of rotatable bonds is 4. The summed E-state index contributed by atoms with van der Waals surface area (Å²) in [5, 5.41) is 13.2. The average molecular weight is 335 g/mol. The standard InChI is InChI=1S/C21H25N3O/c1-23-13-10-22-21(23)9-12-24-11-8-19(20(25)15-24)18-7-6-16-4-2-3-5-17(16)14-18/h2-7,10,13-14,19-20,25H,8-9,11-12,15H2,1H3/t19-,20+/m0/s1. The van der Waals surface area contributed by atoms with E-state index >= 15 is 0 Å². The van der Waals surface area contributed by atoms with Crippen LogP contribution in [0.3, 0.4) is 0 Å². The number of aromatic nitrogens is 2. The third kappa shape index (κ3) is 3.46. The quantitative estimate of drug-likeness (QED) is 0.797. The van der Waals surface area contributed by atoms with Crippen LogP contribution in [0.4, 0.5) is 0 Å². The van der Waals surface area contributed by atoms with Gasteiger partial charge in [0, 0.05) is 44.9 Å². The fraction of sp³-hybridized carbons (Fsp3) is 0.381. The molecule has 0 radical (unpaired) electrons. The molecule has 1 saturated heterocycles. The molecule has 25 heavy (non-hydrogen) atoms. The Morgan fingerprint density at radius 3 is 2.76 bits per heavy atom. The summed E-state index contributed by atoms with van der Waals surface area (Å²) in [5.74, 6) is 1.33. The molecule has 1 aromatic heterocycles. The monoisotopic (exact) mass is 335 g/mol. The van der Waals surface area contributed by atoms with E-state index in [2.05, 4.69) is 56.9 Å². The zero-order valence-corrected chi connectivity index (χ0v) is 14.7. The molecule has 2 aromatic carbocycles. The van der Waals surface area contributed by atoms with Crippen LogP contribution in [0.15, 0.2) is 54.9 Å². The van der Waals surface area contributed by atoms with Gasteiger partial charge in [0.25, 0.3) is 0 Å². The molecule has 0 aliphatic carbocycles. The van der Waals surface area contributed by atoms with E-state index in [0.29, 0.717) is 0 Å². The molecule has 0 unspecified atom stereocenters. The number of piperidine rings is 1. The van der Waals surface area contributed by atoms with E-state index in [4.69, 9.17) is 0 Å². The highest BCUT2D eigenvalue weighted by Gasteiger charge is 2.28. The van der Waals surface area contributed by atoms with Crippen LogP contribution in [0.5, 0.6) is 0 Å². The summed E-state index contributed by atoms with van der Waals surface area (Å²) >= 11 is 0. The van der Waals surface area contributed by atoms with E-state index in [1.165, 1.54) is 16.3 Å². The third-order valence-electron chi connectivity index (χ3n) is 5.44. The van der Waals surface area contributed by atoms with Gasteiger partial charge >= 0.3 is 0 Å². The lowest BCUT2D eigenvalue weighted by atomic mass is 9.86. The van der Waals surface area contributed by atoms with Gasteiger partial charge < -0.3 is 14.6 Å². The van der Waals surface area contributed by atoms with Crippen molar-refractivity contribution in [3.63, 3.8) is 0 Å². The second kappa shape index (κ2) is 6.98. The number of imidazole rings is 1. The molecule has 130 valence electrons. The first-order chi connectivity index (χ1) is 12.2. The normalized spacial score (nSPS) is 21.7. The SMILES string of the molecule is Cn1ccnc1CCN1CC[C@@H](c2ccc3ccccc3c2)[C@H](O)C1. The first kappa shape index (κ1) is 16.3. The number of hydrogen-bond acceptors (Lipinski definition) is 3. The summed E-state index contributed by atoms with van der Waals surface area (Å²) in [7, 11) is 2.03. The minimum atomic E-state index is -0.309. The maximum absolute atomic E-state index is 10.7. The minimum absolute atomic E-state index is 0.231. The fourth-order valence-corrected chi connectivity index (χ4v) is 3.92. The molecule has 4 heteroatoms. The van der Waals surface area contributed by atoms with Crippen molar-refractivity contribution >= 4 is 10.8 Å². The predicted octanol–water partition coefficient (Wildman–Crippen LogP) is 2.97. The highest BCUT2D eigenvalue weighted by Crippen LogP contribution is 2.30. The molecule has 2 heterocycles. The van der Waals surface area contributed by atoms with Gasteiger partial charge in [0.1, 0.15) is 5.82 Å². The Morgan fingerprint density at radius 2 is 2.00 bits per heavy atom. The Labute approximate surface area is 148 Å². The van der Waals surface area contributed by atoms with Gasteiger partial charge in [-0.15, -0.1) is 0 Å². The van der Waals surface area contributed by atoms with Gasteiger partial charge in [-0.05, 0) is 29.3 Å². The molecule has 0 bridgehead atoms. The van der Waals surface area contributed by atoms with Crippen molar-refractivity contribution < 1.29 is 5.11 Å². The van der Waals surface area contributed by atoms with Crippen LogP contribution >= 0.6 is 0 Å². The number of nitrogens with zero attached hydrogens (tertiary/aromatic N) is 3. The van der Waals surface area contributed by atoms with Gasteiger partial charge in [-0.25, -0.2) is 4.98 Å². The first-order valence-corrected chi connectivity index (χ1v) is 9.06. The third-order valence-corrected chi connectivity index (χ3v) is 5.44. The van der Waals surface area contributed by atoms with Crippen molar-refractivity contribution in [1.29, 1.82) is 0 Å². The van der Waals surface area contributed by atoms with Crippen LogP contribution in [0.1, 0.15) is 23.7 Å². The molecule has 4 nitrogen and oxygen atoms in total. The van der Waals surface area contributed by atoms with Crippen LogP contribution in [0.2, 0.25) is 0 Å². The Balaban J connectivity index is 1.41. The Morgan fingerprint density at radius 1 is 1.16 bits per heavy atom. The van der Waals surface area contributed by atoms with Gasteiger partial charge in [-0.3, -0.25) is 0 Å². The molecule has 1 N–H and O–H groups in total. The van der Waals surface area contributed by atoms with Crippen LogP contribution < -0.4 is 0 Å². The van der Waals surface area contributed by atoms with Crippen molar-refractivity contribution in [2.24, 2.45) is 7.05 Å². The van der Waals surface area contributed by atoms with Crippen LogP contribution in [-0.2, 0) is 13.5 Å². The number of benzene rings is 2. The van der Waals surface area contributed by atoms with Crippen LogP contribution in [-0.4, -0.2) is 45.3 Å². The lowest BCUT2D eigenvalue weighted by Crippen LogP contribution is -2.43. The lowest BCUT2D eigenvalue weighted by Gasteiger charge is -2.36. The van der Waals surface area contributed by atoms with Crippen molar-refractivity contribution in [2.75, 3.05) is 19.6 Å². The van der Waals surface area contributed by atoms with Gasteiger partial charge in [-0.2, -0.15) is 0 Å². The van der Waals surface area contributed by atoms with E-state index in [0.717, 1.165) is 38.3 Å². The van der Waals surface area contributed by atoms with E-state index in [-0.39, 0.29) is 12.0 Å². The smallest absolute Gasteiger partial charge is 0.109 e. The van der Waals surface area contributed by atoms with Crippen molar-refractivity contribution in [3.05, 3.63) is 66.2 Å². The Kier molecular flexibility index (Phi) is 4.55. The maximum Gasteiger partial charge on any atom is 0.109 e. The number of aryl methyl sites for hydroxylation is 1. The first-order valence-electron chi connectivity index (χ1n) is 9.06. The molecular formula is C21H25N3O. The zero-order valence-electron chi connectivity index (χ0n) is 14.7. The average Bonchev–Trinajstić information content (AvgIpc) is 3.04. The fourth-order valence-electron chi connectivity index (χ4n) is 3.92. The number of likely N-dealkylation sites (tertiary alicyclic amines) is 1. The van der Waals surface area contributed by atoms with Gasteiger partial charge in [0.05, 0.1) is 6.10 Å². The molecule has 0 amide bonds. The summed E-state index contributed by atoms with van der Waals surface area (Å²) in [5.41, 5.74) is 1.26. The highest BCUT2D eigenvalue weighted by molar-refractivity contribution is 5.83. The predicted molar refractivity (Wildman–Crippen MR) is 101 cm³/mol. The van der Waals surface area contributed by atoms with E-state index in [1.54, 1.807) is 0 Å². The summed E-state index contributed by atoms with van der Waals surface area (Å²) in [4.78, 5) is 6.74. The number of fused-ring (bicyclic) bond motifs is 1. The lowest BCUT2D eigenvalue weighted by molar-refractivity contribution is 0.0516. The molecule has 0 saturated carbocycles. The van der Waals surface area contributed by atoms with Crippen molar-refractivity contribution in [3.8, 4) is 0 Å². The molecular weight excluding hydrogens is 310 g/mol. The van der Waals surface area contributed by atoms with E-state index < -0.39 is 0 Å². The van der Waals surface area contributed by atoms with Gasteiger partial charge in [-0.1, -0.05) is 42.5 Å². The number of aliphatic hydroxyl groups excluding tert-OH is 1. The number of aliphatic hydroxyl groups is 1. The van der Waals surface area contributed by atoms with E-state index in [9.17, 15) is 5.11 Å². The maximum atomic E-state index is 10.7. The minimum Gasteiger partial charge on any atom is -0.391 e. The molecule has 4 rings (SSSR count). The van der Waals surface area contributed by atoms with Crippen LogP contribution in [0.25, 0.3) is 10.8 Å². The molecule has 2 atom stereocenters. The molecule has 1 aliphatic heterocycles. The summed E-state index contributed by atoms with van der Waals surface area (Å²) < 4.78 is 2.07. The topological polar surface area (TPSA) is 41.3 Å². The summed E-state index contributed by atoms with van der Waals surface area (Å²) in [6, 6.07) is 15.0. The summed E-state index contributed by atoms with van der Waals surface area (Å²) in [6.45, 7) is 2.72. The number of β-amino-alcohol motifs (C(OH)–C–C–N with tert-alkyl or cyclic N) is 1.